The van der Waals surface area contributed by atoms with Crippen molar-refractivity contribution in [3.05, 3.63) is 62.0 Å². The fraction of sp³-hybridized carbons (Fsp3) is 0. The molecule has 0 bridgehead atoms. The van der Waals surface area contributed by atoms with Gasteiger partial charge in [-0.3, -0.25) is 0 Å². The second kappa shape index (κ2) is 6.04. The number of hydrogen-bond acceptors (Lipinski definition) is 2. The van der Waals surface area contributed by atoms with Crippen molar-refractivity contribution >= 4 is 0 Å². The van der Waals surface area contributed by atoms with E-state index in [0.717, 1.165) is 0 Å². The van der Waals surface area contributed by atoms with Crippen molar-refractivity contribution in [2.75, 3.05) is 0 Å². The lowest BCUT2D eigenvalue weighted by Crippen LogP contribution is -1.69. The Balaban J connectivity index is 4.39. The Hall–Kier alpha value is -1.70. The van der Waals surface area contributed by atoms with Crippen LogP contribution >= 0.6 is 0 Å². The zero-order chi connectivity index (χ0) is 9.40. The Kier molecular flexibility index (Phi) is 5.18. The summed E-state index contributed by atoms with van der Waals surface area (Å²) in [5.74, 6) is 0. The highest BCUT2D eigenvalue weighted by Gasteiger charge is 1.84. The minimum atomic E-state index is 0.520. The van der Waals surface area contributed by atoms with Crippen molar-refractivity contribution < 1.29 is 0 Å². The van der Waals surface area contributed by atoms with Crippen LogP contribution < -0.4 is 0 Å². The molecule has 0 N–H and O–H groups in total. The van der Waals surface area contributed by atoms with Gasteiger partial charge in [-0.15, -0.1) is 0 Å². The molecule has 0 amide bonds. The van der Waals surface area contributed by atoms with E-state index < -0.39 is 0 Å². The summed E-state index contributed by atoms with van der Waals surface area (Å²) < 4.78 is 0. The van der Waals surface area contributed by atoms with Crippen LogP contribution in [0.15, 0.2) is 72.2 Å². The molecule has 0 aliphatic rings. The van der Waals surface area contributed by atoms with E-state index in [1.165, 1.54) is 6.08 Å². The molecule has 0 atom stereocenters. The van der Waals surface area contributed by atoms with Gasteiger partial charge in [-0.2, -0.15) is 10.2 Å². The summed E-state index contributed by atoms with van der Waals surface area (Å²) >= 11 is 0. The Morgan fingerprint density at radius 3 is 2.08 bits per heavy atom. The zero-order valence-electron chi connectivity index (χ0n) is 7.03. The van der Waals surface area contributed by atoms with Crippen LogP contribution in [0.5, 0.6) is 0 Å². The smallest absolute Gasteiger partial charge is 0.0850 e. The van der Waals surface area contributed by atoms with Gasteiger partial charge in [0.2, 0.25) is 0 Å². The van der Waals surface area contributed by atoms with Gasteiger partial charge in [0, 0.05) is 0 Å². The largest absolute Gasteiger partial charge is 0.151 e. The molecule has 2 heteroatoms. The lowest BCUT2D eigenvalue weighted by molar-refractivity contribution is 1.13. The maximum Gasteiger partial charge on any atom is 0.0850 e. The van der Waals surface area contributed by atoms with Crippen molar-refractivity contribution in [3.63, 3.8) is 0 Å². The van der Waals surface area contributed by atoms with Gasteiger partial charge < -0.3 is 0 Å². The fourth-order valence-electron chi connectivity index (χ4n) is 0.426. The van der Waals surface area contributed by atoms with E-state index in [-0.39, 0.29) is 0 Å². The average molecular weight is 160 g/mol. The minimum Gasteiger partial charge on any atom is -0.151 e. The molecule has 0 saturated carbocycles. The molecule has 0 unspecified atom stereocenters. The first-order valence-corrected chi connectivity index (χ1v) is 3.42. The predicted molar refractivity (Wildman–Crippen MR) is 52.7 cm³/mol. The van der Waals surface area contributed by atoms with Gasteiger partial charge in [-0.1, -0.05) is 32.4 Å². The number of hydrogen-bond donors (Lipinski definition) is 0. The monoisotopic (exact) mass is 160 g/mol. The summed E-state index contributed by atoms with van der Waals surface area (Å²) in [6.07, 6.45) is 6.43. The number of rotatable bonds is 5. The molecule has 0 radical (unpaired) electrons. The second-order valence-electron chi connectivity index (χ2n) is 1.93. The van der Waals surface area contributed by atoms with Gasteiger partial charge in [0.1, 0.15) is 0 Å². The van der Waals surface area contributed by atoms with Gasteiger partial charge in [0.05, 0.1) is 11.4 Å². The van der Waals surface area contributed by atoms with E-state index in [1.807, 2.05) is 0 Å². The molecule has 0 rings (SSSR count). The molecule has 0 saturated heterocycles. The SMILES string of the molecule is C=C/C=C(\C=C)N=NC(=C)C=C. The van der Waals surface area contributed by atoms with Crippen molar-refractivity contribution in [2.45, 2.75) is 0 Å². The van der Waals surface area contributed by atoms with Crippen LogP contribution in [0.4, 0.5) is 0 Å². The quantitative estimate of drug-likeness (QED) is 0.435. The van der Waals surface area contributed by atoms with Crippen LogP contribution in [0.25, 0.3) is 0 Å². The molecule has 0 fully saturated rings. The molecular weight excluding hydrogens is 148 g/mol. The Morgan fingerprint density at radius 2 is 1.67 bits per heavy atom. The third kappa shape index (κ3) is 4.17. The maximum atomic E-state index is 3.83. The third-order valence-electron chi connectivity index (χ3n) is 1.03. The summed E-state index contributed by atoms with van der Waals surface area (Å²) in [5, 5.41) is 7.59. The van der Waals surface area contributed by atoms with Crippen molar-refractivity contribution in [3.8, 4) is 0 Å². The molecule has 0 aromatic heterocycles. The molecule has 0 aromatic carbocycles. The highest BCUT2D eigenvalue weighted by molar-refractivity contribution is 5.20. The Labute approximate surface area is 73.0 Å². The molecule has 12 heavy (non-hydrogen) atoms. The van der Waals surface area contributed by atoms with Crippen molar-refractivity contribution in [2.24, 2.45) is 10.2 Å². The zero-order valence-corrected chi connectivity index (χ0v) is 7.03. The first-order valence-electron chi connectivity index (χ1n) is 3.42. The van der Waals surface area contributed by atoms with Gasteiger partial charge in [-0.05, 0) is 18.2 Å². The van der Waals surface area contributed by atoms with Crippen molar-refractivity contribution in [1.29, 1.82) is 0 Å². The second-order valence-corrected chi connectivity index (χ2v) is 1.93. The summed E-state index contributed by atoms with van der Waals surface area (Å²) in [5.41, 5.74) is 1.17. The molecule has 62 valence electrons. The van der Waals surface area contributed by atoms with Crippen LogP contribution in [0.3, 0.4) is 0 Å². The standard InChI is InChI=1S/C10H12N2/c1-5-8-10(7-3)12-11-9(4)6-2/h5-8H,1-4H2/b10-8+,12-11?. The maximum absolute atomic E-state index is 3.83. The highest BCUT2D eigenvalue weighted by Crippen LogP contribution is 2.02. The summed E-state index contributed by atoms with van der Waals surface area (Å²) in [7, 11) is 0. The lowest BCUT2D eigenvalue weighted by Gasteiger charge is -1.88. The van der Waals surface area contributed by atoms with Crippen molar-refractivity contribution in [1.82, 2.24) is 0 Å². The minimum absolute atomic E-state index is 0.520. The summed E-state index contributed by atoms with van der Waals surface area (Å²) in [4.78, 5) is 0. The first-order chi connectivity index (χ1) is 5.74. The van der Waals surface area contributed by atoms with Crippen LogP contribution in [0.1, 0.15) is 0 Å². The molecular formula is C10H12N2. The summed E-state index contributed by atoms with van der Waals surface area (Å²) in [6.45, 7) is 14.2. The average Bonchev–Trinajstić information content (AvgIpc) is 2.11. The normalized spacial score (nSPS) is 11.2. The van der Waals surface area contributed by atoms with Crippen LogP contribution in [0.2, 0.25) is 0 Å². The lowest BCUT2D eigenvalue weighted by atomic mass is 10.4. The van der Waals surface area contributed by atoms with E-state index in [9.17, 15) is 0 Å². The molecule has 0 aliphatic carbocycles. The van der Waals surface area contributed by atoms with E-state index in [1.54, 1.807) is 18.2 Å². The van der Waals surface area contributed by atoms with Crippen LogP contribution in [-0.4, -0.2) is 0 Å². The third-order valence-corrected chi connectivity index (χ3v) is 1.03. The molecule has 0 spiro atoms. The highest BCUT2D eigenvalue weighted by atomic mass is 15.1. The van der Waals surface area contributed by atoms with Gasteiger partial charge >= 0.3 is 0 Å². The number of allylic oxidation sites excluding steroid dienone is 4. The predicted octanol–water partition coefficient (Wildman–Crippen LogP) is 3.39. The van der Waals surface area contributed by atoms with Gasteiger partial charge in [-0.25, -0.2) is 0 Å². The van der Waals surface area contributed by atoms with E-state index >= 15 is 0 Å². The van der Waals surface area contributed by atoms with E-state index in [4.69, 9.17) is 0 Å². The van der Waals surface area contributed by atoms with Gasteiger partial charge in [0.15, 0.2) is 0 Å². The van der Waals surface area contributed by atoms with Crippen LogP contribution in [0, 0.1) is 0 Å². The summed E-state index contributed by atoms with van der Waals surface area (Å²) in [6, 6.07) is 0. The molecule has 0 heterocycles. The molecule has 2 nitrogen and oxygen atoms in total. The van der Waals surface area contributed by atoms with Gasteiger partial charge in [0.25, 0.3) is 0 Å². The van der Waals surface area contributed by atoms with E-state index in [0.29, 0.717) is 11.4 Å². The Morgan fingerprint density at radius 1 is 1.00 bits per heavy atom. The number of azo groups is 1. The number of nitrogens with zero attached hydrogens (tertiary/aromatic N) is 2. The molecule has 0 aromatic rings. The van der Waals surface area contributed by atoms with Crippen LogP contribution in [-0.2, 0) is 0 Å². The molecule has 0 aliphatic heterocycles. The fourth-order valence-corrected chi connectivity index (χ4v) is 0.426. The Bertz CT molecular complexity index is 257. The first kappa shape index (κ1) is 10.3. The topological polar surface area (TPSA) is 24.7 Å². The van der Waals surface area contributed by atoms with E-state index in [2.05, 4.69) is 36.5 Å².